The van der Waals surface area contributed by atoms with Crippen molar-refractivity contribution in [3.05, 3.63) is 94.3 Å². The van der Waals surface area contributed by atoms with Crippen molar-refractivity contribution < 1.29 is 55.7 Å². The second kappa shape index (κ2) is 11.9. The normalized spacial score (nSPS) is 28.5. The molecule has 4 amide bonds. The number of hydrogen-bond donors (Lipinski definition) is 1. The van der Waals surface area contributed by atoms with E-state index in [0.717, 1.165) is 4.90 Å². The molecule has 6 atom stereocenters. The smallest absolute Gasteiger partial charge is 0.258 e. The lowest BCUT2D eigenvalue weighted by Gasteiger charge is -2.50. The molecule has 0 aromatic heterocycles. The summed E-state index contributed by atoms with van der Waals surface area (Å²) in [6.45, 7) is -0.0692. The molecule has 2 aliphatic heterocycles. The van der Waals surface area contributed by atoms with E-state index in [1.165, 1.54) is 26.4 Å². The van der Waals surface area contributed by atoms with Crippen LogP contribution in [-0.4, -0.2) is 57.6 Å². The van der Waals surface area contributed by atoms with E-state index < -0.39 is 104 Å². The topological polar surface area (TPSA) is 113 Å². The average Bonchev–Trinajstić information content (AvgIpc) is 3.44. The number of carbonyl (C=O) groups is 4. The van der Waals surface area contributed by atoms with Gasteiger partial charge in [0.25, 0.3) is 11.8 Å². The molecule has 0 bridgehead atoms. The third kappa shape index (κ3) is 4.57. The number of methoxy groups -OCH3 is 2. The first-order valence-electron chi connectivity index (χ1n) is 15.5. The number of phenolic OH excluding ortho intramolecular Hbond substituents is 1. The largest absolute Gasteiger partial charge is 0.502 e. The second-order valence-corrected chi connectivity index (χ2v) is 14.0. The number of rotatable bonds is 6. The van der Waals surface area contributed by atoms with E-state index in [-0.39, 0.29) is 40.5 Å². The van der Waals surface area contributed by atoms with Gasteiger partial charge in [-0.25, -0.2) is 26.9 Å². The van der Waals surface area contributed by atoms with Gasteiger partial charge in [0.05, 0.1) is 32.6 Å². The van der Waals surface area contributed by atoms with Gasteiger partial charge in [0.2, 0.25) is 23.4 Å². The summed E-state index contributed by atoms with van der Waals surface area (Å²) in [4.78, 5) is 52.0. The number of fused-ring (bicyclic) bond motifs is 4. The van der Waals surface area contributed by atoms with E-state index in [0.29, 0.717) is 5.56 Å². The number of amides is 4. The number of aromatic hydroxyl groups is 1. The molecule has 2 heterocycles. The number of benzene rings is 3. The number of ether oxygens (including phenoxy) is 2. The first kappa shape index (κ1) is 34.7. The van der Waals surface area contributed by atoms with Crippen LogP contribution in [0.4, 0.5) is 27.6 Å². The summed E-state index contributed by atoms with van der Waals surface area (Å²) in [5.41, 5.74) is -0.986. The molecule has 0 radical (unpaired) electrons. The number of hydrogen-bond acceptors (Lipinski definition) is 7. The summed E-state index contributed by atoms with van der Waals surface area (Å²) in [5.74, 6) is -22.3. The van der Waals surface area contributed by atoms with Gasteiger partial charge in [0, 0.05) is 5.92 Å². The zero-order valence-electron chi connectivity index (χ0n) is 26.5. The van der Waals surface area contributed by atoms with Crippen molar-refractivity contribution in [3.63, 3.8) is 0 Å². The minimum absolute atomic E-state index is 0.00857. The minimum Gasteiger partial charge on any atom is -0.502 e. The molecule has 7 rings (SSSR count). The highest BCUT2D eigenvalue weighted by Gasteiger charge is 2.77. The summed E-state index contributed by atoms with van der Waals surface area (Å²) >= 11 is 14.3. The number of halogens is 7. The van der Waals surface area contributed by atoms with E-state index in [2.05, 4.69) is 0 Å². The Morgan fingerprint density at radius 3 is 1.96 bits per heavy atom. The number of carbonyl (C=O) groups excluding carboxylic acids is 4. The Morgan fingerprint density at radius 2 is 1.39 bits per heavy atom. The van der Waals surface area contributed by atoms with Crippen LogP contribution < -0.4 is 14.4 Å². The van der Waals surface area contributed by atoms with Crippen LogP contribution in [0.15, 0.2) is 54.1 Å². The van der Waals surface area contributed by atoms with Crippen molar-refractivity contribution in [2.24, 2.45) is 17.8 Å². The molecule has 4 aliphatic rings. The average molecular weight is 751 g/mol. The first-order chi connectivity index (χ1) is 24.1. The molecular weight excluding hydrogens is 726 g/mol. The number of imide groups is 2. The van der Waals surface area contributed by atoms with E-state index >= 15 is 8.78 Å². The summed E-state index contributed by atoms with van der Waals surface area (Å²) in [5, 5.41) is 10.7. The van der Waals surface area contributed by atoms with Crippen LogP contribution in [0.1, 0.15) is 29.9 Å². The summed E-state index contributed by atoms with van der Waals surface area (Å²) in [6.07, 6.45) is 0.891. The van der Waals surface area contributed by atoms with Gasteiger partial charge in [-0.2, -0.15) is 0 Å². The third-order valence-corrected chi connectivity index (χ3v) is 11.7. The molecular formula is C35H25Cl2F5N2O7. The van der Waals surface area contributed by atoms with E-state index in [4.69, 9.17) is 32.7 Å². The Hall–Kier alpha value is -4.69. The highest BCUT2D eigenvalue weighted by atomic mass is 35.5. The van der Waals surface area contributed by atoms with Gasteiger partial charge in [0.15, 0.2) is 44.5 Å². The van der Waals surface area contributed by atoms with Gasteiger partial charge in [-0.15, -0.1) is 23.2 Å². The second-order valence-electron chi connectivity index (χ2n) is 12.7. The number of nitrogens with zero attached hydrogens (tertiary/aromatic N) is 2. The van der Waals surface area contributed by atoms with E-state index in [1.54, 1.807) is 36.4 Å². The van der Waals surface area contributed by atoms with Crippen molar-refractivity contribution >= 4 is 52.5 Å². The first-order valence-corrected chi connectivity index (χ1v) is 16.2. The van der Waals surface area contributed by atoms with Crippen LogP contribution in [0.5, 0.6) is 17.2 Å². The molecule has 0 spiro atoms. The highest BCUT2D eigenvalue weighted by Crippen LogP contribution is 2.66. The predicted molar refractivity (Wildman–Crippen MR) is 170 cm³/mol. The van der Waals surface area contributed by atoms with Crippen molar-refractivity contribution in [2.75, 3.05) is 19.1 Å². The molecule has 51 heavy (non-hydrogen) atoms. The van der Waals surface area contributed by atoms with Crippen molar-refractivity contribution in [2.45, 2.75) is 35.1 Å². The standard InChI is InChI=1S/C35H25Cl2F5N2O7/c1-50-19-10-15(11-20(51-2)29(19)45)22-16-8-9-17-21(31(47)43(30(17)46)13-14-6-4-3-5-7-14)18(16)12-34(36)32(48)44(33(49)35(22,34)37)28-26(41)24(39)23(38)25(40)27(28)42/h3-8,10-11,17-18,21-22,45H,9,12-13H2,1-2H3. The molecule has 3 aromatic carbocycles. The van der Waals surface area contributed by atoms with E-state index in [9.17, 15) is 37.5 Å². The quantitative estimate of drug-likeness (QED) is 0.0838. The van der Waals surface area contributed by atoms with Crippen LogP contribution in [0, 0.1) is 46.8 Å². The molecule has 3 fully saturated rings. The zero-order valence-corrected chi connectivity index (χ0v) is 28.0. The SMILES string of the molecule is COc1cc(C2C3=CCC4C(=O)N(Cc5ccccc5)C(=O)C4C3CC3(Cl)C(=O)N(c4c(F)c(F)c(F)c(F)c4F)C(=O)C23Cl)cc(OC)c1O. The fourth-order valence-corrected chi connectivity index (χ4v) is 8.94. The molecule has 2 aliphatic carbocycles. The van der Waals surface area contributed by atoms with Gasteiger partial charge in [-0.3, -0.25) is 24.1 Å². The van der Waals surface area contributed by atoms with Gasteiger partial charge in [-0.05, 0) is 42.0 Å². The Morgan fingerprint density at radius 1 is 0.824 bits per heavy atom. The van der Waals surface area contributed by atoms with Gasteiger partial charge in [-0.1, -0.05) is 42.0 Å². The summed E-state index contributed by atoms with van der Waals surface area (Å²) < 4.78 is 84.1. The van der Waals surface area contributed by atoms with Crippen molar-refractivity contribution in [1.29, 1.82) is 0 Å². The molecule has 6 unspecified atom stereocenters. The Balaban J connectivity index is 1.44. The lowest BCUT2D eigenvalue weighted by Crippen LogP contribution is -2.60. The molecule has 3 aromatic rings. The Bertz CT molecular complexity index is 2050. The number of likely N-dealkylation sites (tertiary alicyclic amines) is 1. The zero-order chi connectivity index (χ0) is 36.9. The van der Waals surface area contributed by atoms with Gasteiger partial charge in [0.1, 0.15) is 5.69 Å². The number of allylic oxidation sites excluding steroid dienone is 2. The van der Waals surface area contributed by atoms with Crippen LogP contribution in [-0.2, 0) is 25.7 Å². The Labute approximate surface area is 296 Å². The summed E-state index contributed by atoms with van der Waals surface area (Å²) in [7, 11) is 2.40. The molecule has 266 valence electrons. The summed E-state index contributed by atoms with van der Waals surface area (Å²) in [6, 6.07) is 11.1. The van der Waals surface area contributed by atoms with Crippen LogP contribution in [0.3, 0.4) is 0 Å². The van der Waals surface area contributed by atoms with Crippen LogP contribution in [0.2, 0.25) is 0 Å². The number of phenols is 1. The number of alkyl halides is 2. The lowest BCUT2D eigenvalue weighted by molar-refractivity contribution is -0.141. The maximum atomic E-state index is 15.3. The maximum Gasteiger partial charge on any atom is 0.258 e. The monoisotopic (exact) mass is 750 g/mol. The Kier molecular flexibility index (Phi) is 8.14. The number of anilines is 1. The fourth-order valence-electron chi connectivity index (χ4n) is 8.01. The minimum atomic E-state index is -2.75. The molecule has 2 saturated heterocycles. The molecule has 16 heteroatoms. The lowest BCUT2D eigenvalue weighted by atomic mass is 9.56. The molecule has 1 N–H and O–H groups in total. The predicted octanol–water partition coefficient (Wildman–Crippen LogP) is 5.87. The van der Waals surface area contributed by atoms with Crippen molar-refractivity contribution in [3.8, 4) is 17.2 Å². The molecule has 9 nitrogen and oxygen atoms in total. The molecule has 1 saturated carbocycles. The van der Waals surface area contributed by atoms with Crippen LogP contribution >= 0.6 is 23.2 Å². The van der Waals surface area contributed by atoms with Gasteiger partial charge < -0.3 is 14.6 Å². The maximum absolute atomic E-state index is 15.3. The highest BCUT2D eigenvalue weighted by molar-refractivity contribution is 6.58. The third-order valence-electron chi connectivity index (χ3n) is 10.3. The van der Waals surface area contributed by atoms with Gasteiger partial charge >= 0.3 is 0 Å². The van der Waals surface area contributed by atoms with Crippen LogP contribution in [0.25, 0.3) is 0 Å². The fraction of sp³-hybridized carbons (Fsp3) is 0.314. The van der Waals surface area contributed by atoms with Crippen molar-refractivity contribution in [1.82, 2.24) is 4.90 Å². The van der Waals surface area contributed by atoms with E-state index in [1.807, 2.05) is 0 Å².